The van der Waals surface area contributed by atoms with E-state index >= 15 is 0 Å². The number of hydrogen-bond donors (Lipinski definition) is 7. The third-order valence-electron chi connectivity index (χ3n) is 3.40. The average molecular weight is 319 g/mol. The number of ether oxygens (including phenoxy) is 1. The van der Waals surface area contributed by atoms with Gasteiger partial charge in [-0.3, -0.25) is 10.6 Å². The summed E-state index contributed by atoms with van der Waals surface area (Å²) in [5, 5.41) is 13.0. The first-order valence-corrected chi connectivity index (χ1v) is 8.27. The van der Waals surface area contributed by atoms with Gasteiger partial charge in [-0.1, -0.05) is 23.9 Å². The zero-order chi connectivity index (χ0) is 13.4. The van der Waals surface area contributed by atoms with Crippen molar-refractivity contribution in [3.8, 4) is 0 Å². The van der Waals surface area contributed by atoms with Crippen molar-refractivity contribution in [3.63, 3.8) is 0 Å². The minimum absolute atomic E-state index is 0.0222. The molecule has 4 rings (SSSR count). The molecule has 0 aromatic rings. The molecule has 3 fully saturated rings. The molecule has 0 bridgehead atoms. The van der Waals surface area contributed by atoms with E-state index in [4.69, 9.17) is 4.74 Å². The van der Waals surface area contributed by atoms with Crippen LogP contribution in [-0.2, 0) is 4.74 Å². The Hall–Kier alpha value is -0.310. The van der Waals surface area contributed by atoms with Crippen molar-refractivity contribution >= 4 is 29.8 Å². The number of nitrogens with one attached hydrogen (secondary N) is 7. The predicted octanol–water partition coefficient (Wildman–Crippen LogP) is -2.85. The molecule has 12 heteroatoms. The van der Waals surface area contributed by atoms with Crippen molar-refractivity contribution in [1.82, 2.24) is 41.5 Å². The second-order valence-corrected chi connectivity index (χ2v) is 6.49. The van der Waals surface area contributed by atoms with Crippen LogP contribution in [0.25, 0.3) is 0 Å². The molecule has 3 unspecified atom stereocenters. The van der Waals surface area contributed by atoms with E-state index in [0.29, 0.717) is 12.6 Å². The molecule has 0 aromatic heterocycles. The zero-order valence-electron chi connectivity index (χ0n) is 10.6. The quantitative estimate of drug-likeness (QED) is 0.273. The van der Waals surface area contributed by atoms with E-state index in [9.17, 15) is 0 Å². The summed E-state index contributed by atoms with van der Waals surface area (Å²) >= 11 is 3.22. The van der Waals surface area contributed by atoms with Gasteiger partial charge in [0.25, 0.3) is 0 Å². The van der Waals surface area contributed by atoms with Crippen LogP contribution in [0.2, 0.25) is 0 Å². The molecule has 0 aliphatic carbocycles. The molecule has 10 nitrogen and oxygen atoms in total. The van der Waals surface area contributed by atoms with Crippen LogP contribution < -0.4 is 36.5 Å². The van der Waals surface area contributed by atoms with Crippen molar-refractivity contribution in [2.75, 3.05) is 25.6 Å². The maximum absolute atomic E-state index is 6.20. The van der Waals surface area contributed by atoms with Crippen LogP contribution in [0.5, 0.6) is 0 Å². The molecule has 0 radical (unpaired) electrons. The average Bonchev–Trinajstić information content (AvgIpc) is 3.23. The molecule has 0 spiro atoms. The number of hydrazone groups is 1. The smallest absolute Gasteiger partial charge is 0.300 e. The van der Waals surface area contributed by atoms with Crippen molar-refractivity contribution in [2.24, 2.45) is 5.10 Å². The van der Waals surface area contributed by atoms with Gasteiger partial charge in [0, 0.05) is 12.3 Å². The molecule has 7 N–H and O–H groups in total. The lowest BCUT2D eigenvalue weighted by Crippen LogP contribution is -2.71. The van der Waals surface area contributed by atoms with Crippen LogP contribution in [-0.4, -0.2) is 53.9 Å². The van der Waals surface area contributed by atoms with Gasteiger partial charge in [-0.05, 0) is 0 Å². The van der Waals surface area contributed by atoms with Crippen LogP contribution in [0.4, 0.5) is 0 Å². The minimum atomic E-state index is -0.785. The van der Waals surface area contributed by atoms with E-state index in [2.05, 4.69) is 41.6 Å². The Bertz CT molecular complexity index is 375. The molecule has 0 saturated carbocycles. The summed E-state index contributed by atoms with van der Waals surface area (Å²) in [4.78, 5) is 3.27. The predicted molar refractivity (Wildman–Crippen MR) is 77.3 cm³/mol. The molecule has 20 heavy (non-hydrogen) atoms. The fraction of sp³-hybridized carbons (Fsp3) is 0.875. The summed E-state index contributed by atoms with van der Waals surface area (Å²) in [7, 11) is 0. The fourth-order valence-corrected chi connectivity index (χ4v) is 3.87. The van der Waals surface area contributed by atoms with Crippen LogP contribution in [0.15, 0.2) is 5.10 Å². The fourth-order valence-electron chi connectivity index (χ4n) is 2.42. The van der Waals surface area contributed by atoms with Gasteiger partial charge < -0.3 is 4.74 Å². The van der Waals surface area contributed by atoms with Gasteiger partial charge in [-0.2, -0.15) is 9.84 Å². The molecule has 112 valence electrons. The summed E-state index contributed by atoms with van der Waals surface area (Å²) < 4.78 is 9.36. The maximum Gasteiger partial charge on any atom is 0.300 e. The van der Waals surface area contributed by atoms with Crippen LogP contribution in [0, 0.1) is 0 Å². The highest BCUT2D eigenvalue weighted by Gasteiger charge is 2.54. The van der Waals surface area contributed by atoms with Gasteiger partial charge in [0.2, 0.25) is 5.90 Å². The summed E-state index contributed by atoms with van der Waals surface area (Å²) in [6.07, 6.45) is -0.130. The molecule has 4 aliphatic rings. The van der Waals surface area contributed by atoms with Crippen molar-refractivity contribution < 1.29 is 4.74 Å². The lowest BCUT2D eigenvalue weighted by atomic mass is 10.3. The van der Waals surface area contributed by atoms with Gasteiger partial charge in [0.1, 0.15) is 5.37 Å². The van der Waals surface area contributed by atoms with E-state index in [0.717, 1.165) is 19.0 Å². The number of rotatable bonds is 3. The SMILES string of the molecule is C1NSC(C2=NNC(C3NCNN3)(N3CCSN3)O2)N1. The topological polar surface area (TPSA) is 109 Å². The van der Waals surface area contributed by atoms with Gasteiger partial charge in [-0.25, -0.2) is 21.0 Å². The Balaban J connectivity index is 1.54. The Labute approximate surface area is 124 Å². The molecule has 4 heterocycles. The number of hydrazine groups is 2. The monoisotopic (exact) mass is 319 g/mol. The highest BCUT2D eigenvalue weighted by atomic mass is 32.2. The molecule has 0 aromatic carbocycles. The standard InChI is InChI=1S/C8H17N9OS2/c1-2-19-16-17(1)8(7-10-3-11-14-7)15-13-5(18-8)6-9-4-12-20-6/h6-7,9-12,14-16H,1-4H2. The number of hydrogen-bond acceptors (Lipinski definition) is 12. The van der Waals surface area contributed by atoms with Crippen LogP contribution in [0.1, 0.15) is 0 Å². The first-order chi connectivity index (χ1) is 9.88. The highest BCUT2D eigenvalue weighted by molar-refractivity contribution is 7.98. The van der Waals surface area contributed by atoms with Crippen molar-refractivity contribution in [1.29, 1.82) is 0 Å². The lowest BCUT2D eigenvalue weighted by Gasteiger charge is -2.39. The summed E-state index contributed by atoms with van der Waals surface area (Å²) in [6.45, 7) is 2.28. The Morgan fingerprint density at radius 2 is 2.35 bits per heavy atom. The zero-order valence-corrected chi connectivity index (χ0v) is 12.2. The highest BCUT2D eigenvalue weighted by Crippen LogP contribution is 2.28. The second-order valence-electron chi connectivity index (χ2n) is 4.61. The van der Waals surface area contributed by atoms with E-state index < -0.39 is 5.85 Å². The summed E-state index contributed by atoms with van der Waals surface area (Å²) in [5.41, 5.74) is 9.38. The first kappa shape index (κ1) is 13.4. The summed E-state index contributed by atoms with van der Waals surface area (Å²) in [5.74, 6) is 0.863. The molecule has 3 saturated heterocycles. The Kier molecular flexibility index (Phi) is 3.66. The largest absolute Gasteiger partial charge is 0.431 e. The van der Waals surface area contributed by atoms with E-state index in [1.54, 1.807) is 23.9 Å². The van der Waals surface area contributed by atoms with E-state index in [1.165, 1.54) is 0 Å². The van der Waals surface area contributed by atoms with E-state index in [-0.39, 0.29) is 11.5 Å². The van der Waals surface area contributed by atoms with Crippen LogP contribution >= 0.6 is 23.9 Å². The van der Waals surface area contributed by atoms with Crippen molar-refractivity contribution in [3.05, 3.63) is 0 Å². The molecular formula is C8H17N9OS2. The molecular weight excluding hydrogens is 302 g/mol. The molecule has 3 atom stereocenters. The van der Waals surface area contributed by atoms with Gasteiger partial charge >= 0.3 is 5.85 Å². The molecule has 4 aliphatic heterocycles. The van der Waals surface area contributed by atoms with E-state index in [1.807, 2.05) is 5.01 Å². The lowest BCUT2D eigenvalue weighted by molar-refractivity contribution is -0.138. The normalized spacial score (nSPS) is 41.7. The minimum Gasteiger partial charge on any atom is -0.431 e. The van der Waals surface area contributed by atoms with Crippen molar-refractivity contribution in [2.45, 2.75) is 17.4 Å². The van der Waals surface area contributed by atoms with Gasteiger partial charge in [0.05, 0.1) is 13.3 Å². The Morgan fingerprint density at radius 1 is 1.35 bits per heavy atom. The van der Waals surface area contributed by atoms with Gasteiger partial charge in [0.15, 0.2) is 6.17 Å². The second kappa shape index (κ2) is 5.47. The van der Waals surface area contributed by atoms with Crippen LogP contribution in [0.3, 0.4) is 0 Å². The summed E-state index contributed by atoms with van der Waals surface area (Å²) in [6, 6.07) is 0. The van der Waals surface area contributed by atoms with Gasteiger partial charge in [-0.15, -0.1) is 5.10 Å². The maximum atomic E-state index is 6.20. The first-order valence-electron chi connectivity index (χ1n) is 6.41. The third-order valence-corrected chi connectivity index (χ3v) is 5.05. The Morgan fingerprint density at radius 3 is 3.05 bits per heavy atom. The molecule has 0 amide bonds. The number of nitrogens with zero attached hydrogens (tertiary/aromatic N) is 2. The third kappa shape index (κ3) is 2.17.